The highest BCUT2D eigenvalue weighted by Gasteiger charge is 2.25. The monoisotopic (exact) mass is 297 g/mol. The number of rotatable bonds is 10. The molecule has 0 saturated heterocycles. The van der Waals surface area contributed by atoms with E-state index in [2.05, 4.69) is 19.2 Å². The molecular weight excluding hydrogens is 269 g/mol. The summed E-state index contributed by atoms with van der Waals surface area (Å²) in [4.78, 5) is 0. The standard InChI is InChI=1S/C17H28FNO2/c1-5-8-16(21-7-3)17(19-11-6-2)14-12-13(18)9-10-15(14)20-4/h9-10,12,16-17,19H,5-8,11H2,1-4H3. The largest absolute Gasteiger partial charge is 0.496 e. The molecule has 0 spiro atoms. The van der Waals surface area contributed by atoms with Crippen LogP contribution in [0.15, 0.2) is 18.2 Å². The minimum absolute atomic E-state index is 0.0160. The van der Waals surface area contributed by atoms with E-state index in [1.165, 1.54) is 6.07 Å². The molecule has 0 aliphatic heterocycles. The number of benzene rings is 1. The lowest BCUT2D eigenvalue weighted by Crippen LogP contribution is -2.35. The Morgan fingerprint density at radius 1 is 1.19 bits per heavy atom. The highest BCUT2D eigenvalue weighted by atomic mass is 19.1. The van der Waals surface area contributed by atoms with E-state index in [0.717, 1.165) is 31.4 Å². The Balaban J connectivity index is 3.12. The number of hydrogen-bond donors (Lipinski definition) is 1. The molecule has 0 aromatic heterocycles. The zero-order chi connectivity index (χ0) is 15.7. The lowest BCUT2D eigenvalue weighted by Gasteiger charge is -2.29. The van der Waals surface area contributed by atoms with Gasteiger partial charge in [0, 0.05) is 12.2 Å². The summed E-state index contributed by atoms with van der Waals surface area (Å²) in [6, 6.07) is 4.60. The molecule has 0 saturated carbocycles. The molecule has 2 atom stereocenters. The summed E-state index contributed by atoms with van der Waals surface area (Å²) in [7, 11) is 1.61. The van der Waals surface area contributed by atoms with Crippen LogP contribution in [0.25, 0.3) is 0 Å². The van der Waals surface area contributed by atoms with Crippen molar-refractivity contribution in [3.8, 4) is 5.75 Å². The molecule has 0 amide bonds. The predicted molar refractivity (Wildman–Crippen MR) is 84.3 cm³/mol. The Kier molecular flexibility index (Phi) is 8.31. The molecular formula is C17H28FNO2. The third kappa shape index (κ3) is 5.29. The number of halogens is 1. The lowest BCUT2D eigenvalue weighted by atomic mass is 9.96. The lowest BCUT2D eigenvalue weighted by molar-refractivity contribution is 0.0270. The van der Waals surface area contributed by atoms with Gasteiger partial charge in [-0.3, -0.25) is 0 Å². The van der Waals surface area contributed by atoms with Crippen molar-refractivity contribution in [1.82, 2.24) is 5.32 Å². The molecule has 2 unspecified atom stereocenters. The summed E-state index contributed by atoms with van der Waals surface area (Å²) in [5.41, 5.74) is 0.831. The molecule has 3 nitrogen and oxygen atoms in total. The number of ether oxygens (including phenoxy) is 2. The summed E-state index contributed by atoms with van der Waals surface area (Å²) in [6.07, 6.45) is 2.97. The van der Waals surface area contributed by atoms with E-state index >= 15 is 0 Å². The average molecular weight is 297 g/mol. The van der Waals surface area contributed by atoms with Gasteiger partial charge in [0.05, 0.1) is 19.3 Å². The molecule has 0 bridgehead atoms. The summed E-state index contributed by atoms with van der Waals surface area (Å²) in [5, 5.41) is 3.49. The van der Waals surface area contributed by atoms with Gasteiger partial charge in [0.2, 0.25) is 0 Å². The first kappa shape index (κ1) is 17.9. The highest BCUT2D eigenvalue weighted by Crippen LogP contribution is 2.31. The van der Waals surface area contributed by atoms with Crippen LogP contribution in [0.3, 0.4) is 0 Å². The molecule has 1 rings (SSSR count). The maximum absolute atomic E-state index is 13.7. The zero-order valence-corrected chi connectivity index (χ0v) is 13.6. The first-order valence-electron chi connectivity index (χ1n) is 7.86. The van der Waals surface area contributed by atoms with Crippen molar-refractivity contribution in [2.75, 3.05) is 20.3 Å². The van der Waals surface area contributed by atoms with Crippen LogP contribution in [0, 0.1) is 5.82 Å². The van der Waals surface area contributed by atoms with Crippen molar-refractivity contribution in [3.05, 3.63) is 29.6 Å². The second-order valence-electron chi connectivity index (χ2n) is 5.10. The van der Waals surface area contributed by atoms with Crippen molar-refractivity contribution >= 4 is 0 Å². The van der Waals surface area contributed by atoms with Gasteiger partial charge >= 0.3 is 0 Å². The van der Waals surface area contributed by atoms with E-state index in [-0.39, 0.29) is 18.0 Å². The molecule has 0 heterocycles. The SMILES string of the molecule is CCCNC(c1cc(F)ccc1OC)C(CCC)OCC. The smallest absolute Gasteiger partial charge is 0.123 e. The average Bonchev–Trinajstić information content (AvgIpc) is 2.48. The van der Waals surface area contributed by atoms with Gasteiger partial charge in [0.1, 0.15) is 11.6 Å². The van der Waals surface area contributed by atoms with Crippen molar-refractivity contribution in [2.24, 2.45) is 0 Å². The summed E-state index contributed by atoms with van der Waals surface area (Å²) >= 11 is 0. The van der Waals surface area contributed by atoms with E-state index < -0.39 is 0 Å². The van der Waals surface area contributed by atoms with Gasteiger partial charge in [-0.1, -0.05) is 20.3 Å². The van der Waals surface area contributed by atoms with Crippen LogP contribution >= 0.6 is 0 Å². The number of hydrogen-bond acceptors (Lipinski definition) is 3. The maximum atomic E-state index is 13.7. The van der Waals surface area contributed by atoms with Crippen molar-refractivity contribution in [2.45, 2.75) is 52.2 Å². The Morgan fingerprint density at radius 3 is 2.52 bits per heavy atom. The second-order valence-corrected chi connectivity index (χ2v) is 5.10. The van der Waals surface area contributed by atoms with E-state index in [0.29, 0.717) is 12.4 Å². The second kappa shape index (κ2) is 9.74. The van der Waals surface area contributed by atoms with Gasteiger partial charge in [-0.25, -0.2) is 4.39 Å². The van der Waals surface area contributed by atoms with Gasteiger partial charge in [-0.2, -0.15) is 0 Å². The van der Waals surface area contributed by atoms with Gasteiger partial charge < -0.3 is 14.8 Å². The van der Waals surface area contributed by atoms with E-state index in [9.17, 15) is 4.39 Å². The Labute approximate surface area is 127 Å². The molecule has 21 heavy (non-hydrogen) atoms. The molecule has 120 valence electrons. The Hall–Kier alpha value is -1.13. The fraction of sp³-hybridized carbons (Fsp3) is 0.647. The fourth-order valence-electron chi connectivity index (χ4n) is 2.53. The van der Waals surface area contributed by atoms with Crippen molar-refractivity contribution in [3.63, 3.8) is 0 Å². The highest BCUT2D eigenvalue weighted by molar-refractivity contribution is 5.37. The first-order chi connectivity index (χ1) is 10.2. The van der Waals surface area contributed by atoms with Crippen LogP contribution in [-0.2, 0) is 4.74 Å². The molecule has 1 aromatic carbocycles. The quantitative estimate of drug-likeness (QED) is 0.706. The van der Waals surface area contributed by atoms with Crippen LogP contribution in [-0.4, -0.2) is 26.4 Å². The van der Waals surface area contributed by atoms with Crippen molar-refractivity contribution < 1.29 is 13.9 Å². The van der Waals surface area contributed by atoms with Crippen LogP contribution in [0.2, 0.25) is 0 Å². The zero-order valence-electron chi connectivity index (χ0n) is 13.6. The molecule has 0 radical (unpaired) electrons. The molecule has 0 fully saturated rings. The summed E-state index contributed by atoms with van der Waals surface area (Å²) in [6.45, 7) is 7.74. The van der Waals surface area contributed by atoms with Gasteiger partial charge in [0.25, 0.3) is 0 Å². The summed E-state index contributed by atoms with van der Waals surface area (Å²) in [5.74, 6) is 0.451. The van der Waals surface area contributed by atoms with Crippen LogP contribution in [0.5, 0.6) is 5.75 Å². The third-order valence-electron chi connectivity index (χ3n) is 3.47. The number of methoxy groups -OCH3 is 1. The molecule has 1 aromatic rings. The van der Waals surface area contributed by atoms with Crippen LogP contribution in [0.1, 0.15) is 51.6 Å². The minimum Gasteiger partial charge on any atom is -0.496 e. The summed E-state index contributed by atoms with van der Waals surface area (Å²) < 4.78 is 25.0. The topological polar surface area (TPSA) is 30.5 Å². The predicted octanol–water partition coefficient (Wildman–Crippen LogP) is 4.08. The molecule has 0 aliphatic carbocycles. The normalized spacial score (nSPS) is 14.0. The molecule has 1 N–H and O–H groups in total. The molecule has 4 heteroatoms. The van der Waals surface area contributed by atoms with Gasteiger partial charge in [-0.05, 0) is 44.5 Å². The van der Waals surface area contributed by atoms with Crippen molar-refractivity contribution in [1.29, 1.82) is 0 Å². The first-order valence-corrected chi connectivity index (χ1v) is 7.86. The maximum Gasteiger partial charge on any atom is 0.123 e. The van der Waals surface area contributed by atoms with Crippen LogP contribution in [0.4, 0.5) is 4.39 Å². The Morgan fingerprint density at radius 2 is 1.95 bits per heavy atom. The van der Waals surface area contributed by atoms with E-state index in [1.54, 1.807) is 19.2 Å². The number of nitrogens with one attached hydrogen (secondary N) is 1. The van der Waals surface area contributed by atoms with E-state index in [4.69, 9.17) is 9.47 Å². The van der Waals surface area contributed by atoms with Crippen LogP contribution < -0.4 is 10.1 Å². The third-order valence-corrected chi connectivity index (χ3v) is 3.47. The molecule has 0 aliphatic rings. The van der Waals surface area contributed by atoms with Gasteiger partial charge in [0.15, 0.2) is 0 Å². The van der Waals surface area contributed by atoms with Gasteiger partial charge in [-0.15, -0.1) is 0 Å². The minimum atomic E-state index is -0.249. The fourth-order valence-corrected chi connectivity index (χ4v) is 2.53. The van der Waals surface area contributed by atoms with E-state index in [1.807, 2.05) is 6.92 Å². The Bertz CT molecular complexity index is 406.